The molecule has 2 aromatic carbocycles. The molecule has 0 aliphatic carbocycles. The van der Waals surface area contributed by atoms with Crippen molar-refractivity contribution in [3.8, 4) is 16.9 Å². The van der Waals surface area contributed by atoms with Gasteiger partial charge in [0.25, 0.3) is 0 Å². The van der Waals surface area contributed by atoms with Crippen LogP contribution in [0.1, 0.15) is 0 Å². The Balaban J connectivity index is 2.78. The van der Waals surface area contributed by atoms with Crippen molar-refractivity contribution in [2.45, 2.75) is 0 Å². The summed E-state index contributed by atoms with van der Waals surface area (Å²) in [6, 6.07) is 6.55. The predicted octanol–water partition coefficient (Wildman–Crippen LogP) is 6.63. The smallest absolute Gasteiger partial charge is 0.128 e. The van der Waals surface area contributed by atoms with Crippen molar-refractivity contribution in [2.24, 2.45) is 0 Å². The molecule has 0 atom stereocenters. The van der Waals surface area contributed by atoms with Crippen molar-refractivity contribution < 1.29 is 4.74 Å². The number of ether oxygens (including phenoxy) is 1. The van der Waals surface area contributed by atoms with Crippen molar-refractivity contribution in [3.05, 3.63) is 49.4 Å². The van der Waals surface area contributed by atoms with Gasteiger partial charge in [0, 0.05) is 11.1 Å². The van der Waals surface area contributed by atoms with E-state index in [0.717, 1.165) is 0 Å². The van der Waals surface area contributed by atoms with Crippen LogP contribution < -0.4 is 4.74 Å². The highest BCUT2D eigenvalue weighted by Crippen LogP contribution is 2.45. The molecule has 100 valence electrons. The molecular weight excluding hydrogens is 349 g/mol. The second kappa shape index (κ2) is 5.99. The molecule has 0 aliphatic rings. The first-order valence-electron chi connectivity index (χ1n) is 5.12. The van der Waals surface area contributed by atoms with Crippen LogP contribution in [0.4, 0.5) is 0 Å². The average molecular weight is 356 g/mol. The number of rotatable bonds is 2. The molecule has 0 amide bonds. The molecular formula is C13H7Cl5O. The molecule has 0 saturated heterocycles. The molecule has 0 fully saturated rings. The fourth-order valence-electron chi connectivity index (χ4n) is 1.67. The van der Waals surface area contributed by atoms with Gasteiger partial charge >= 0.3 is 0 Å². The second-order valence-electron chi connectivity index (χ2n) is 3.68. The van der Waals surface area contributed by atoms with Crippen LogP contribution in [-0.4, -0.2) is 7.11 Å². The lowest BCUT2D eigenvalue weighted by atomic mass is 10.0. The van der Waals surface area contributed by atoms with E-state index in [1.165, 1.54) is 7.11 Å². The molecule has 19 heavy (non-hydrogen) atoms. The third-order valence-electron chi connectivity index (χ3n) is 2.56. The van der Waals surface area contributed by atoms with Gasteiger partial charge in [-0.1, -0.05) is 58.0 Å². The zero-order valence-electron chi connectivity index (χ0n) is 9.61. The monoisotopic (exact) mass is 354 g/mol. The Morgan fingerprint density at radius 3 is 2.05 bits per heavy atom. The number of benzene rings is 2. The van der Waals surface area contributed by atoms with Gasteiger partial charge < -0.3 is 4.74 Å². The summed E-state index contributed by atoms with van der Waals surface area (Å²) in [5.41, 5.74) is 1.20. The first-order valence-corrected chi connectivity index (χ1v) is 7.01. The molecule has 0 spiro atoms. The molecule has 0 unspecified atom stereocenters. The standard InChI is InChI=1S/C13H7Cl5O/c1-19-11-3-2-7(14)13(18)12(11)6-4-9(16)10(17)5-8(6)15/h2-5H,1H3. The Morgan fingerprint density at radius 2 is 1.42 bits per heavy atom. The highest BCUT2D eigenvalue weighted by molar-refractivity contribution is 6.46. The maximum atomic E-state index is 6.23. The summed E-state index contributed by atoms with van der Waals surface area (Å²) < 4.78 is 5.28. The molecule has 2 rings (SSSR count). The van der Waals surface area contributed by atoms with Gasteiger partial charge in [-0.25, -0.2) is 0 Å². The fourth-order valence-corrected chi connectivity index (χ4v) is 2.72. The van der Waals surface area contributed by atoms with Crippen LogP contribution in [0.25, 0.3) is 11.1 Å². The van der Waals surface area contributed by atoms with Gasteiger partial charge in [0.15, 0.2) is 0 Å². The summed E-state index contributed by atoms with van der Waals surface area (Å²) in [7, 11) is 1.54. The van der Waals surface area contributed by atoms with Crippen LogP contribution in [0.5, 0.6) is 5.75 Å². The van der Waals surface area contributed by atoms with E-state index < -0.39 is 0 Å². The Labute approximate surface area is 135 Å². The van der Waals surface area contributed by atoms with Gasteiger partial charge in [0.05, 0.1) is 32.2 Å². The topological polar surface area (TPSA) is 9.23 Å². The maximum absolute atomic E-state index is 6.23. The number of halogens is 5. The van der Waals surface area contributed by atoms with E-state index in [9.17, 15) is 0 Å². The van der Waals surface area contributed by atoms with Gasteiger partial charge in [-0.15, -0.1) is 0 Å². The van der Waals surface area contributed by atoms with Gasteiger partial charge in [0.1, 0.15) is 5.75 Å². The second-order valence-corrected chi connectivity index (χ2v) is 5.69. The number of methoxy groups -OCH3 is 1. The molecule has 2 aromatic rings. The number of hydrogen-bond donors (Lipinski definition) is 0. The van der Waals surface area contributed by atoms with Crippen molar-refractivity contribution in [3.63, 3.8) is 0 Å². The minimum Gasteiger partial charge on any atom is -0.496 e. The van der Waals surface area contributed by atoms with Gasteiger partial charge in [-0.3, -0.25) is 0 Å². The minimum atomic E-state index is 0.348. The Kier molecular flexibility index (Phi) is 4.75. The summed E-state index contributed by atoms with van der Waals surface area (Å²) in [6.07, 6.45) is 0. The first kappa shape index (κ1) is 15.1. The van der Waals surface area contributed by atoms with Crippen LogP contribution in [0.15, 0.2) is 24.3 Å². The molecule has 6 heteroatoms. The normalized spacial score (nSPS) is 10.6. The summed E-state index contributed by atoms with van der Waals surface area (Å²) in [4.78, 5) is 0. The Morgan fingerprint density at radius 1 is 0.789 bits per heavy atom. The predicted molar refractivity (Wildman–Crippen MR) is 83.5 cm³/mol. The Hall–Kier alpha value is -0.310. The largest absolute Gasteiger partial charge is 0.496 e. The summed E-state index contributed by atoms with van der Waals surface area (Å²) in [5, 5.41) is 1.91. The third-order valence-corrected chi connectivity index (χ3v) is 4.39. The molecule has 0 aromatic heterocycles. The van der Waals surface area contributed by atoms with Crippen LogP contribution in [-0.2, 0) is 0 Å². The fraction of sp³-hybridized carbons (Fsp3) is 0.0769. The van der Waals surface area contributed by atoms with Crippen molar-refractivity contribution in [1.82, 2.24) is 0 Å². The zero-order valence-corrected chi connectivity index (χ0v) is 13.4. The molecule has 0 saturated carbocycles. The molecule has 1 nitrogen and oxygen atoms in total. The van der Waals surface area contributed by atoms with E-state index in [1.807, 2.05) is 0 Å². The minimum absolute atomic E-state index is 0.348. The van der Waals surface area contributed by atoms with Crippen molar-refractivity contribution >= 4 is 58.0 Å². The molecule has 0 bridgehead atoms. The highest BCUT2D eigenvalue weighted by atomic mass is 35.5. The van der Waals surface area contributed by atoms with E-state index in [-0.39, 0.29) is 0 Å². The van der Waals surface area contributed by atoms with E-state index in [1.54, 1.807) is 24.3 Å². The Bertz CT molecular complexity index is 639. The lowest BCUT2D eigenvalue weighted by Crippen LogP contribution is -1.91. The number of hydrogen-bond acceptors (Lipinski definition) is 1. The van der Waals surface area contributed by atoms with Crippen LogP contribution in [0.3, 0.4) is 0 Å². The molecule has 0 aliphatic heterocycles. The third kappa shape index (κ3) is 2.91. The van der Waals surface area contributed by atoms with Crippen molar-refractivity contribution in [2.75, 3.05) is 7.11 Å². The SMILES string of the molecule is COc1ccc(Cl)c(Cl)c1-c1cc(Cl)c(Cl)cc1Cl. The van der Waals surface area contributed by atoms with Crippen molar-refractivity contribution in [1.29, 1.82) is 0 Å². The quantitative estimate of drug-likeness (QED) is 0.549. The van der Waals surface area contributed by atoms with E-state index >= 15 is 0 Å². The van der Waals surface area contributed by atoms with E-state index in [0.29, 0.717) is 42.0 Å². The lowest BCUT2D eigenvalue weighted by Gasteiger charge is -2.14. The molecule has 0 heterocycles. The van der Waals surface area contributed by atoms with E-state index in [2.05, 4.69) is 0 Å². The summed E-state index contributed by atoms with van der Waals surface area (Å²) in [5.74, 6) is 0.551. The molecule has 0 radical (unpaired) electrons. The first-order chi connectivity index (χ1) is 8.95. The highest BCUT2D eigenvalue weighted by Gasteiger charge is 2.17. The summed E-state index contributed by atoms with van der Waals surface area (Å²) in [6.45, 7) is 0. The maximum Gasteiger partial charge on any atom is 0.128 e. The van der Waals surface area contributed by atoms with Crippen LogP contribution in [0, 0.1) is 0 Å². The molecule has 0 N–H and O–H groups in total. The van der Waals surface area contributed by atoms with E-state index in [4.69, 9.17) is 62.7 Å². The average Bonchev–Trinajstić information content (AvgIpc) is 2.37. The van der Waals surface area contributed by atoms with Crippen LogP contribution in [0.2, 0.25) is 25.1 Å². The summed E-state index contributed by atoms with van der Waals surface area (Å²) >= 11 is 30.4. The zero-order chi connectivity index (χ0) is 14.2. The van der Waals surface area contributed by atoms with Gasteiger partial charge in [0.2, 0.25) is 0 Å². The van der Waals surface area contributed by atoms with Gasteiger partial charge in [-0.2, -0.15) is 0 Å². The lowest BCUT2D eigenvalue weighted by molar-refractivity contribution is 0.416. The van der Waals surface area contributed by atoms with Crippen LogP contribution >= 0.6 is 58.0 Å². The van der Waals surface area contributed by atoms with Gasteiger partial charge in [-0.05, 0) is 24.3 Å².